The molecule has 0 spiro atoms. The average molecular weight is 239 g/mol. The molecule has 96 valence electrons. The highest BCUT2D eigenvalue weighted by atomic mass is 16.2. The van der Waals surface area contributed by atoms with Crippen LogP contribution in [0.1, 0.15) is 20.8 Å². The van der Waals surface area contributed by atoms with Crippen LogP contribution in [0.4, 0.5) is 0 Å². The summed E-state index contributed by atoms with van der Waals surface area (Å²) < 4.78 is 0. The van der Waals surface area contributed by atoms with E-state index in [1.165, 1.54) is 0 Å². The molecule has 0 radical (unpaired) electrons. The van der Waals surface area contributed by atoms with Crippen molar-refractivity contribution in [3.05, 3.63) is 11.1 Å². The van der Waals surface area contributed by atoms with Crippen LogP contribution in [0.3, 0.4) is 0 Å². The zero-order valence-corrected chi connectivity index (χ0v) is 10.7. The Morgan fingerprint density at radius 3 is 2.29 bits per heavy atom. The van der Waals surface area contributed by atoms with Crippen LogP contribution >= 0.6 is 0 Å². The van der Waals surface area contributed by atoms with Gasteiger partial charge in [0.05, 0.1) is 0 Å². The van der Waals surface area contributed by atoms with Gasteiger partial charge in [0.25, 0.3) is 0 Å². The van der Waals surface area contributed by atoms with Gasteiger partial charge >= 0.3 is 0 Å². The van der Waals surface area contributed by atoms with Crippen molar-refractivity contribution >= 4 is 11.8 Å². The van der Waals surface area contributed by atoms with E-state index >= 15 is 0 Å². The Kier molecular flexibility index (Phi) is 5.15. The molecule has 0 aromatic carbocycles. The standard InChI is InChI=1S/C12H21N3O2/c1-8(2)11(16)14-4-5-15-12(17)9(3)10-6-13-7-10/h8,13H,4-7H2,1-3H3,(H,14,16)(H,15,17). The first kappa shape index (κ1) is 13.7. The predicted octanol–water partition coefficient (Wildman–Crippen LogP) is -0.205. The van der Waals surface area contributed by atoms with Gasteiger partial charge in [0, 0.05) is 37.7 Å². The highest BCUT2D eigenvalue weighted by Crippen LogP contribution is 2.08. The predicted molar refractivity (Wildman–Crippen MR) is 66.4 cm³/mol. The lowest BCUT2D eigenvalue weighted by Gasteiger charge is -2.21. The molecule has 1 aliphatic rings. The molecule has 0 aromatic heterocycles. The van der Waals surface area contributed by atoms with Gasteiger partial charge in [-0.05, 0) is 12.5 Å². The van der Waals surface area contributed by atoms with Crippen LogP contribution in [0, 0.1) is 5.92 Å². The van der Waals surface area contributed by atoms with Gasteiger partial charge in [-0.25, -0.2) is 0 Å². The average Bonchev–Trinajstić information content (AvgIpc) is 2.20. The van der Waals surface area contributed by atoms with Gasteiger partial charge in [0.1, 0.15) is 0 Å². The van der Waals surface area contributed by atoms with Crippen LogP contribution in [0.2, 0.25) is 0 Å². The van der Waals surface area contributed by atoms with Gasteiger partial charge in [0.2, 0.25) is 11.8 Å². The van der Waals surface area contributed by atoms with Crippen LogP contribution < -0.4 is 16.0 Å². The fourth-order valence-corrected chi connectivity index (χ4v) is 1.37. The first-order valence-electron chi connectivity index (χ1n) is 5.97. The Bertz CT molecular complexity index is 329. The largest absolute Gasteiger partial charge is 0.354 e. The molecular weight excluding hydrogens is 218 g/mol. The normalized spacial score (nSPS) is 14.2. The third kappa shape index (κ3) is 4.19. The third-order valence-corrected chi connectivity index (χ3v) is 2.78. The summed E-state index contributed by atoms with van der Waals surface area (Å²) in [5, 5.41) is 8.63. The summed E-state index contributed by atoms with van der Waals surface area (Å²) >= 11 is 0. The van der Waals surface area contributed by atoms with E-state index < -0.39 is 0 Å². The second kappa shape index (κ2) is 6.39. The quantitative estimate of drug-likeness (QED) is 0.459. The minimum absolute atomic E-state index is 0.0116. The number of amides is 2. The van der Waals surface area contributed by atoms with Crippen molar-refractivity contribution in [1.82, 2.24) is 16.0 Å². The second-order valence-electron chi connectivity index (χ2n) is 4.53. The number of rotatable bonds is 5. The summed E-state index contributed by atoms with van der Waals surface area (Å²) in [6.45, 7) is 8.07. The molecule has 3 N–H and O–H groups in total. The van der Waals surface area contributed by atoms with Gasteiger partial charge in [-0.3, -0.25) is 9.59 Å². The lowest BCUT2D eigenvalue weighted by molar-refractivity contribution is -0.124. The molecule has 1 aliphatic heterocycles. The molecule has 0 aromatic rings. The molecule has 1 fully saturated rings. The van der Waals surface area contributed by atoms with Gasteiger partial charge in [-0.1, -0.05) is 13.8 Å². The lowest BCUT2D eigenvalue weighted by Crippen LogP contribution is -2.40. The van der Waals surface area contributed by atoms with Crippen molar-refractivity contribution in [3.8, 4) is 0 Å². The highest BCUT2D eigenvalue weighted by Gasteiger charge is 2.15. The molecule has 17 heavy (non-hydrogen) atoms. The zero-order valence-electron chi connectivity index (χ0n) is 10.7. The molecule has 1 saturated heterocycles. The van der Waals surface area contributed by atoms with E-state index in [0.717, 1.165) is 24.2 Å². The van der Waals surface area contributed by atoms with E-state index in [2.05, 4.69) is 16.0 Å². The van der Waals surface area contributed by atoms with Gasteiger partial charge in [0.15, 0.2) is 0 Å². The third-order valence-electron chi connectivity index (χ3n) is 2.78. The molecule has 2 amide bonds. The molecule has 1 rings (SSSR count). The molecular formula is C12H21N3O2. The topological polar surface area (TPSA) is 70.2 Å². The van der Waals surface area contributed by atoms with Crippen molar-refractivity contribution in [2.75, 3.05) is 26.2 Å². The molecule has 5 heteroatoms. The van der Waals surface area contributed by atoms with Gasteiger partial charge in [-0.2, -0.15) is 0 Å². The Morgan fingerprint density at radius 1 is 1.24 bits per heavy atom. The molecule has 0 saturated carbocycles. The summed E-state index contributed by atoms with van der Waals surface area (Å²) in [6, 6.07) is 0. The summed E-state index contributed by atoms with van der Waals surface area (Å²) in [6.07, 6.45) is 0. The minimum Gasteiger partial charge on any atom is -0.354 e. The Hall–Kier alpha value is -1.36. The van der Waals surface area contributed by atoms with Crippen molar-refractivity contribution in [2.45, 2.75) is 20.8 Å². The van der Waals surface area contributed by atoms with E-state index in [1.54, 1.807) is 0 Å². The molecule has 0 aliphatic carbocycles. The van der Waals surface area contributed by atoms with E-state index in [-0.39, 0.29) is 17.7 Å². The second-order valence-corrected chi connectivity index (χ2v) is 4.53. The van der Waals surface area contributed by atoms with Crippen LogP contribution in [-0.4, -0.2) is 38.0 Å². The highest BCUT2D eigenvalue weighted by molar-refractivity contribution is 5.94. The monoisotopic (exact) mass is 239 g/mol. The number of hydrogen-bond donors (Lipinski definition) is 3. The summed E-state index contributed by atoms with van der Waals surface area (Å²) in [7, 11) is 0. The first-order chi connectivity index (χ1) is 8.02. The van der Waals surface area contributed by atoms with Crippen LogP contribution in [0.5, 0.6) is 0 Å². The maximum absolute atomic E-state index is 11.6. The fraction of sp³-hybridized carbons (Fsp3) is 0.667. The van der Waals surface area contributed by atoms with Gasteiger partial charge in [-0.15, -0.1) is 0 Å². The maximum atomic E-state index is 11.6. The molecule has 0 unspecified atom stereocenters. The smallest absolute Gasteiger partial charge is 0.247 e. The minimum atomic E-state index is -0.0414. The van der Waals surface area contributed by atoms with E-state index in [9.17, 15) is 9.59 Å². The summed E-state index contributed by atoms with van der Waals surface area (Å²) in [4.78, 5) is 22.9. The lowest BCUT2D eigenvalue weighted by atomic mass is 10.0. The Morgan fingerprint density at radius 2 is 1.82 bits per heavy atom. The number of carbonyl (C=O) groups is 2. The van der Waals surface area contributed by atoms with Crippen molar-refractivity contribution in [1.29, 1.82) is 0 Å². The molecule has 5 nitrogen and oxygen atoms in total. The van der Waals surface area contributed by atoms with Crippen molar-refractivity contribution in [3.63, 3.8) is 0 Å². The van der Waals surface area contributed by atoms with Crippen LogP contribution in [0.15, 0.2) is 11.1 Å². The Balaban J connectivity index is 2.19. The van der Waals surface area contributed by atoms with Gasteiger partial charge < -0.3 is 16.0 Å². The zero-order chi connectivity index (χ0) is 12.8. The van der Waals surface area contributed by atoms with Crippen LogP contribution in [-0.2, 0) is 9.59 Å². The maximum Gasteiger partial charge on any atom is 0.247 e. The summed E-state index contributed by atoms with van der Waals surface area (Å²) in [5.41, 5.74) is 1.95. The van der Waals surface area contributed by atoms with E-state index in [0.29, 0.717) is 13.1 Å². The van der Waals surface area contributed by atoms with E-state index in [1.807, 2.05) is 20.8 Å². The number of hydrogen-bond acceptors (Lipinski definition) is 3. The molecule has 0 bridgehead atoms. The fourth-order valence-electron chi connectivity index (χ4n) is 1.37. The SMILES string of the molecule is CC(C(=O)NCCNC(=O)C(C)C)=C1CNC1. The molecule has 0 atom stereocenters. The van der Waals surface area contributed by atoms with Crippen molar-refractivity contribution in [2.24, 2.45) is 5.92 Å². The summed E-state index contributed by atoms with van der Waals surface area (Å²) in [5.74, 6) is -0.0478. The molecule has 1 heterocycles. The number of nitrogens with one attached hydrogen (secondary N) is 3. The number of carbonyl (C=O) groups excluding carboxylic acids is 2. The van der Waals surface area contributed by atoms with E-state index in [4.69, 9.17) is 0 Å². The first-order valence-corrected chi connectivity index (χ1v) is 5.97. The van der Waals surface area contributed by atoms with Crippen LogP contribution in [0.25, 0.3) is 0 Å². The Labute approximate surface area is 102 Å². The van der Waals surface area contributed by atoms with Crippen molar-refractivity contribution < 1.29 is 9.59 Å².